The molecule has 4 aromatic rings. The number of aryl methyl sites for hydroxylation is 1. The highest BCUT2D eigenvalue weighted by Gasteiger charge is 2.27. The fourth-order valence-electron chi connectivity index (χ4n) is 4.66. The summed E-state index contributed by atoms with van der Waals surface area (Å²) in [6, 6.07) is 14.4. The van der Waals surface area contributed by atoms with Crippen LogP contribution in [0.2, 0.25) is 0 Å². The van der Waals surface area contributed by atoms with Crippen LogP contribution in [0.4, 0.5) is 16.2 Å². The van der Waals surface area contributed by atoms with Crippen molar-refractivity contribution < 1.29 is 14.3 Å². The maximum atomic E-state index is 12.0. The minimum atomic E-state index is -0.460. The summed E-state index contributed by atoms with van der Waals surface area (Å²) in [6.45, 7) is 5.13. The third-order valence-corrected chi connectivity index (χ3v) is 6.59. The van der Waals surface area contributed by atoms with Gasteiger partial charge in [-0.2, -0.15) is 0 Å². The van der Waals surface area contributed by atoms with Crippen LogP contribution in [-0.2, 0) is 11.3 Å². The lowest BCUT2D eigenvalue weighted by molar-refractivity contribution is 0.130. The Hall–Kier alpha value is -3.94. The Morgan fingerprint density at radius 1 is 1.19 bits per heavy atom. The van der Waals surface area contributed by atoms with Gasteiger partial charge < -0.3 is 24.3 Å². The third-order valence-electron chi connectivity index (χ3n) is 6.59. The summed E-state index contributed by atoms with van der Waals surface area (Å²) in [4.78, 5) is 16.0. The standard InChI is InChI=1S/C28H33N5O3/c1-19(2)36-28(34)31-21-9-7-20(8-10-21)27-26(29)24-17-23(35-16-4-14-32-15-13-30-18-32)11-12-25(24)33(27)22-5-3-6-22/h7-13,15,17-19,22H,3-6,14,16,29H2,1-2H3,(H,31,34). The Bertz CT molecular complexity index is 1320. The molecule has 0 aliphatic heterocycles. The van der Waals surface area contributed by atoms with Crippen LogP contribution in [0.1, 0.15) is 45.6 Å². The number of nitrogens with zero attached hydrogens (tertiary/aromatic N) is 3. The Labute approximate surface area is 211 Å². The van der Waals surface area contributed by atoms with Gasteiger partial charge in [-0.3, -0.25) is 5.32 Å². The van der Waals surface area contributed by atoms with E-state index in [0.717, 1.165) is 59.4 Å². The van der Waals surface area contributed by atoms with Crippen LogP contribution in [0.25, 0.3) is 22.2 Å². The molecule has 1 saturated carbocycles. The normalized spacial score (nSPS) is 13.6. The lowest BCUT2D eigenvalue weighted by Crippen LogP contribution is -2.18. The highest BCUT2D eigenvalue weighted by molar-refractivity contribution is 6.02. The zero-order valence-electron chi connectivity index (χ0n) is 20.8. The molecule has 0 saturated heterocycles. The minimum absolute atomic E-state index is 0.173. The molecule has 36 heavy (non-hydrogen) atoms. The van der Waals surface area contributed by atoms with Gasteiger partial charge in [0.1, 0.15) is 5.75 Å². The van der Waals surface area contributed by atoms with Crippen LogP contribution in [-0.4, -0.2) is 32.9 Å². The number of imidazole rings is 1. The number of nitrogens with two attached hydrogens (primary N) is 1. The van der Waals surface area contributed by atoms with Gasteiger partial charge in [0.15, 0.2) is 0 Å². The smallest absolute Gasteiger partial charge is 0.411 e. The minimum Gasteiger partial charge on any atom is -0.494 e. The molecule has 1 aliphatic rings. The number of carbonyl (C=O) groups is 1. The van der Waals surface area contributed by atoms with Gasteiger partial charge in [-0.15, -0.1) is 0 Å². The average Bonchev–Trinajstić information content (AvgIpc) is 3.43. The second-order valence-corrected chi connectivity index (χ2v) is 9.55. The molecule has 2 aromatic carbocycles. The summed E-state index contributed by atoms with van der Waals surface area (Å²) in [6.07, 6.45) is 9.33. The predicted octanol–water partition coefficient (Wildman–Crippen LogP) is 6.24. The van der Waals surface area contributed by atoms with Gasteiger partial charge in [-0.1, -0.05) is 12.1 Å². The number of ether oxygens (including phenoxy) is 2. The molecule has 1 amide bonds. The van der Waals surface area contributed by atoms with Crippen LogP contribution in [0.3, 0.4) is 0 Å². The number of aromatic nitrogens is 3. The number of benzene rings is 2. The van der Waals surface area contributed by atoms with Crippen LogP contribution in [0.15, 0.2) is 61.2 Å². The van der Waals surface area contributed by atoms with E-state index in [4.69, 9.17) is 15.2 Å². The maximum Gasteiger partial charge on any atom is 0.411 e. The number of anilines is 2. The molecule has 1 fully saturated rings. The molecule has 2 aromatic heterocycles. The SMILES string of the molecule is CC(C)OC(=O)Nc1ccc(-c2c(N)c3cc(OCCCn4ccnc4)ccc3n2C2CCC2)cc1. The molecule has 0 bridgehead atoms. The van der Waals surface area contributed by atoms with E-state index in [0.29, 0.717) is 18.3 Å². The molecular weight excluding hydrogens is 454 g/mol. The van der Waals surface area contributed by atoms with Gasteiger partial charge in [0.2, 0.25) is 0 Å². The summed E-state index contributed by atoms with van der Waals surface area (Å²) in [7, 11) is 0. The summed E-state index contributed by atoms with van der Waals surface area (Å²) in [5.41, 5.74) is 11.4. The molecular formula is C28H33N5O3. The topological polar surface area (TPSA) is 96.3 Å². The monoisotopic (exact) mass is 487 g/mol. The fraction of sp³-hybridized carbons (Fsp3) is 0.357. The fourth-order valence-corrected chi connectivity index (χ4v) is 4.66. The lowest BCUT2D eigenvalue weighted by Gasteiger charge is -2.30. The van der Waals surface area contributed by atoms with Crippen molar-refractivity contribution in [2.24, 2.45) is 0 Å². The van der Waals surface area contributed by atoms with Gasteiger partial charge in [0, 0.05) is 41.6 Å². The van der Waals surface area contributed by atoms with E-state index in [2.05, 4.69) is 27.0 Å². The van der Waals surface area contributed by atoms with Crippen LogP contribution >= 0.6 is 0 Å². The maximum absolute atomic E-state index is 12.0. The number of amides is 1. The van der Waals surface area contributed by atoms with Crippen molar-refractivity contribution in [1.29, 1.82) is 0 Å². The van der Waals surface area contributed by atoms with Crippen molar-refractivity contribution in [3.63, 3.8) is 0 Å². The van der Waals surface area contributed by atoms with E-state index in [-0.39, 0.29) is 6.10 Å². The van der Waals surface area contributed by atoms with Crippen molar-refractivity contribution in [3.8, 4) is 17.0 Å². The quantitative estimate of drug-likeness (QED) is 0.273. The first-order valence-corrected chi connectivity index (χ1v) is 12.6. The first-order chi connectivity index (χ1) is 17.5. The van der Waals surface area contributed by atoms with Gasteiger partial charge in [-0.05, 0) is 69.9 Å². The molecule has 5 rings (SSSR count). The largest absolute Gasteiger partial charge is 0.494 e. The molecule has 2 heterocycles. The van der Waals surface area contributed by atoms with E-state index >= 15 is 0 Å². The highest BCUT2D eigenvalue weighted by atomic mass is 16.6. The number of fused-ring (bicyclic) bond motifs is 1. The van der Waals surface area contributed by atoms with Gasteiger partial charge in [-0.25, -0.2) is 9.78 Å². The number of hydrogen-bond acceptors (Lipinski definition) is 5. The van der Waals surface area contributed by atoms with Crippen molar-refractivity contribution in [3.05, 3.63) is 61.2 Å². The van der Waals surface area contributed by atoms with E-state index in [9.17, 15) is 4.79 Å². The van der Waals surface area contributed by atoms with Gasteiger partial charge in [0.05, 0.1) is 35.9 Å². The summed E-state index contributed by atoms with van der Waals surface area (Å²) >= 11 is 0. The first kappa shape index (κ1) is 23.8. The third kappa shape index (κ3) is 5.03. The predicted molar refractivity (Wildman–Crippen MR) is 142 cm³/mol. The van der Waals surface area contributed by atoms with Crippen LogP contribution < -0.4 is 15.8 Å². The van der Waals surface area contributed by atoms with Crippen molar-refractivity contribution in [1.82, 2.24) is 14.1 Å². The number of nitrogen functional groups attached to an aromatic ring is 1. The Balaban J connectivity index is 1.38. The van der Waals surface area contributed by atoms with Crippen LogP contribution in [0, 0.1) is 0 Å². The average molecular weight is 488 g/mol. The van der Waals surface area contributed by atoms with Crippen molar-refractivity contribution in [2.45, 2.75) is 58.2 Å². The number of nitrogens with one attached hydrogen (secondary N) is 1. The Morgan fingerprint density at radius 3 is 2.67 bits per heavy atom. The molecule has 188 valence electrons. The van der Waals surface area contributed by atoms with Crippen molar-refractivity contribution >= 4 is 28.4 Å². The zero-order valence-corrected chi connectivity index (χ0v) is 20.8. The summed E-state index contributed by atoms with van der Waals surface area (Å²) < 4.78 is 15.7. The Kier molecular flexibility index (Phi) is 6.84. The molecule has 3 N–H and O–H groups in total. The van der Waals surface area contributed by atoms with E-state index in [1.165, 1.54) is 6.42 Å². The zero-order chi connectivity index (χ0) is 25.1. The molecule has 8 heteroatoms. The lowest BCUT2D eigenvalue weighted by atomic mass is 9.92. The Morgan fingerprint density at radius 2 is 2.00 bits per heavy atom. The van der Waals surface area contributed by atoms with E-state index in [1.54, 1.807) is 6.20 Å². The number of carbonyl (C=O) groups excluding carboxylic acids is 1. The molecule has 0 unspecified atom stereocenters. The second kappa shape index (κ2) is 10.4. The summed E-state index contributed by atoms with van der Waals surface area (Å²) in [5, 5.41) is 3.78. The molecule has 0 spiro atoms. The van der Waals surface area contributed by atoms with Crippen molar-refractivity contribution in [2.75, 3.05) is 17.7 Å². The molecule has 8 nitrogen and oxygen atoms in total. The first-order valence-electron chi connectivity index (χ1n) is 12.6. The van der Waals surface area contributed by atoms with E-state index in [1.807, 2.05) is 61.3 Å². The number of hydrogen-bond donors (Lipinski definition) is 2. The van der Waals surface area contributed by atoms with Gasteiger partial charge in [0.25, 0.3) is 0 Å². The molecule has 0 radical (unpaired) electrons. The molecule has 0 atom stereocenters. The number of rotatable bonds is 9. The van der Waals surface area contributed by atoms with Crippen LogP contribution in [0.5, 0.6) is 5.75 Å². The molecule has 1 aliphatic carbocycles. The van der Waals surface area contributed by atoms with Gasteiger partial charge >= 0.3 is 6.09 Å². The van der Waals surface area contributed by atoms with E-state index < -0.39 is 6.09 Å². The second-order valence-electron chi connectivity index (χ2n) is 9.55. The highest BCUT2D eigenvalue weighted by Crippen LogP contribution is 2.44. The summed E-state index contributed by atoms with van der Waals surface area (Å²) in [5.74, 6) is 0.820.